The average Bonchev–Trinajstić information content (AvgIpc) is 3.50. The van der Waals surface area contributed by atoms with Gasteiger partial charge in [0.05, 0.1) is 12.3 Å². The second-order valence-electron chi connectivity index (χ2n) is 10.6. The van der Waals surface area contributed by atoms with Gasteiger partial charge in [0, 0.05) is 58.3 Å². The van der Waals surface area contributed by atoms with Gasteiger partial charge in [-0.2, -0.15) is 0 Å². The van der Waals surface area contributed by atoms with E-state index in [1.165, 1.54) is 23.8 Å². The number of aliphatic hydroxyl groups excluding tert-OH is 1. The Bertz CT molecular complexity index is 1340. The smallest absolute Gasteiger partial charge is 0.270 e. The highest BCUT2D eigenvalue weighted by Crippen LogP contribution is 2.30. The lowest BCUT2D eigenvalue weighted by molar-refractivity contribution is -0.129. The predicted octanol–water partition coefficient (Wildman–Crippen LogP) is 1.92. The molecule has 1 saturated heterocycles. The molecule has 1 fully saturated rings. The number of piperidine rings is 1. The van der Waals surface area contributed by atoms with Crippen LogP contribution in [0.25, 0.3) is 0 Å². The topological polar surface area (TPSA) is 146 Å². The van der Waals surface area contributed by atoms with E-state index in [1.807, 2.05) is 11.0 Å². The number of carbonyl (C=O) groups excluding carboxylic acids is 2. The van der Waals surface area contributed by atoms with Gasteiger partial charge in [-0.25, -0.2) is 15.0 Å². The van der Waals surface area contributed by atoms with Crippen LogP contribution in [0.2, 0.25) is 0 Å². The first kappa shape index (κ1) is 28.5. The lowest BCUT2D eigenvalue weighted by Gasteiger charge is -2.32. The summed E-state index contributed by atoms with van der Waals surface area (Å²) in [5.41, 5.74) is 3.84. The van der Waals surface area contributed by atoms with Crippen LogP contribution in [0.4, 0.5) is 5.82 Å². The number of rotatable bonds is 10. The Morgan fingerprint density at radius 3 is 2.80 bits per heavy atom. The Kier molecular flexibility index (Phi) is 9.10. The molecule has 0 bridgehead atoms. The van der Waals surface area contributed by atoms with Crippen LogP contribution in [-0.4, -0.2) is 86.5 Å². The Balaban J connectivity index is 1.07. The summed E-state index contributed by atoms with van der Waals surface area (Å²) in [5.74, 6) is 1.80. The van der Waals surface area contributed by atoms with E-state index >= 15 is 0 Å². The summed E-state index contributed by atoms with van der Waals surface area (Å²) < 4.78 is 11.2. The van der Waals surface area contributed by atoms with Crippen molar-refractivity contribution in [2.24, 2.45) is 0 Å². The number of anilines is 1. The molecular formula is C29H37N7O5. The van der Waals surface area contributed by atoms with E-state index in [0.29, 0.717) is 37.8 Å². The second-order valence-corrected chi connectivity index (χ2v) is 10.6. The monoisotopic (exact) mass is 563 g/mol. The number of aromatic nitrogens is 3. The zero-order chi connectivity index (χ0) is 28.8. The molecule has 0 radical (unpaired) electrons. The second kappa shape index (κ2) is 13.1. The number of nitrogens with one attached hydrogen (secondary N) is 2. The highest BCUT2D eigenvalue weighted by Gasteiger charge is 2.23. The van der Waals surface area contributed by atoms with E-state index in [9.17, 15) is 14.7 Å². The van der Waals surface area contributed by atoms with E-state index < -0.39 is 6.10 Å². The molecule has 2 amide bonds. The molecule has 1 aromatic carbocycles. The van der Waals surface area contributed by atoms with Crippen LogP contribution in [0, 0.1) is 6.92 Å². The van der Waals surface area contributed by atoms with Gasteiger partial charge in [-0.3, -0.25) is 14.5 Å². The maximum absolute atomic E-state index is 12.7. The molecule has 3 N–H and O–H groups in total. The number of aliphatic hydroxyl groups is 1. The van der Waals surface area contributed by atoms with Crippen molar-refractivity contribution >= 4 is 17.6 Å². The molecule has 218 valence electrons. The minimum absolute atomic E-state index is 0.0895. The number of nitrogens with zero attached hydrogens (tertiary/aromatic N) is 5. The fourth-order valence-corrected chi connectivity index (χ4v) is 5.42. The number of ether oxygens (including phenoxy) is 1. The van der Waals surface area contributed by atoms with Gasteiger partial charge in [0.15, 0.2) is 12.2 Å². The minimum Gasteiger partial charge on any atom is -0.485 e. The third-order valence-electron chi connectivity index (χ3n) is 7.73. The summed E-state index contributed by atoms with van der Waals surface area (Å²) in [5, 5.41) is 16.8. The first-order valence-corrected chi connectivity index (χ1v) is 14.0. The van der Waals surface area contributed by atoms with Crippen LogP contribution in [0.1, 0.15) is 52.7 Å². The number of hydrogen-bond acceptors (Lipinski definition) is 10. The van der Waals surface area contributed by atoms with Crippen LogP contribution in [0.5, 0.6) is 5.75 Å². The molecule has 2 aliphatic heterocycles. The fourth-order valence-electron chi connectivity index (χ4n) is 5.42. The fraction of sp³-hybridized carbons (Fsp3) is 0.483. The van der Waals surface area contributed by atoms with E-state index in [2.05, 4.69) is 43.5 Å². The highest BCUT2D eigenvalue weighted by molar-refractivity contribution is 5.92. The number of hydrogen-bond donors (Lipinski definition) is 3. The summed E-state index contributed by atoms with van der Waals surface area (Å²) in [7, 11) is 0. The van der Waals surface area contributed by atoms with Crippen molar-refractivity contribution in [1.82, 2.24) is 30.1 Å². The number of amides is 2. The standard InChI is InChI=1S/C29H37N7O5/c1-19-25-7-8-35(14-21(25)3-4-27(19)40-16-24-13-30-18-41-24)15-23(38)12-31-29(39)26-11-28(33-17-32-26)34-22-5-9-36(10-6-22)20(2)37/h3-4,11,13,17-18,22-23,38H,5-10,12,14-16H2,1-2H3,(H,31,39)(H,32,33,34)/t23-/m0/s1. The molecule has 2 aromatic heterocycles. The number of likely N-dealkylation sites (tertiary alicyclic amines) is 1. The minimum atomic E-state index is -0.725. The summed E-state index contributed by atoms with van der Waals surface area (Å²) in [6.45, 7) is 7.47. The third-order valence-corrected chi connectivity index (χ3v) is 7.73. The van der Waals surface area contributed by atoms with Gasteiger partial charge in [0.2, 0.25) is 5.91 Å². The van der Waals surface area contributed by atoms with Gasteiger partial charge < -0.3 is 29.8 Å². The van der Waals surface area contributed by atoms with E-state index in [1.54, 1.807) is 19.2 Å². The van der Waals surface area contributed by atoms with E-state index in [0.717, 1.165) is 43.7 Å². The number of carbonyl (C=O) groups is 2. The number of fused-ring (bicyclic) bond motifs is 1. The molecule has 0 aliphatic carbocycles. The predicted molar refractivity (Wildman–Crippen MR) is 150 cm³/mol. The zero-order valence-electron chi connectivity index (χ0n) is 23.5. The normalized spacial score (nSPS) is 16.6. The van der Waals surface area contributed by atoms with Gasteiger partial charge in [-0.05, 0) is 48.9 Å². The highest BCUT2D eigenvalue weighted by atomic mass is 16.5. The maximum Gasteiger partial charge on any atom is 0.270 e. The van der Waals surface area contributed by atoms with Gasteiger partial charge in [0.25, 0.3) is 5.91 Å². The van der Waals surface area contributed by atoms with E-state index in [4.69, 9.17) is 9.15 Å². The number of benzene rings is 1. The molecule has 4 heterocycles. The molecule has 0 spiro atoms. The van der Waals surface area contributed by atoms with Crippen LogP contribution < -0.4 is 15.4 Å². The maximum atomic E-state index is 12.7. The van der Waals surface area contributed by atoms with Crippen molar-refractivity contribution in [1.29, 1.82) is 0 Å². The van der Waals surface area contributed by atoms with Crippen molar-refractivity contribution in [3.05, 3.63) is 65.3 Å². The van der Waals surface area contributed by atoms with Crippen molar-refractivity contribution in [3.63, 3.8) is 0 Å². The lowest BCUT2D eigenvalue weighted by atomic mass is 9.94. The summed E-state index contributed by atoms with van der Waals surface area (Å²) in [6.07, 6.45) is 6.15. The first-order valence-electron chi connectivity index (χ1n) is 14.0. The molecule has 0 unspecified atom stereocenters. The van der Waals surface area contributed by atoms with Crippen LogP contribution in [-0.2, 0) is 24.4 Å². The van der Waals surface area contributed by atoms with E-state index in [-0.39, 0.29) is 30.1 Å². The molecule has 5 rings (SSSR count). The molecular weight excluding hydrogens is 526 g/mol. The zero-order valence-corrected chi connectivity index (χ0v) is 23.5. The molecule has 2 aliphatic rings. The summed E-state index contributed by atoms with van der Waals surface area (Å²) >= 11 is 0. The van der Waals surface area contributed by atoms with Crippen LogP contribution in [0.3, 0.4) is 0 Å². The van der Waals surface area contributed by atoms with Crippen molar-refractivity contribution in [2.45, 2.75) is 58.4 Å². The quantitative estimate of drug-likeness (QED) is 0.334. The van der Waals surface area contributed by atoms with Crippen LogP contribution in [0.15, 0.2) is 41.5 Å². The SMILES string of the molecule is CC(=O)N1CCC(Nc2cc(C(=O)NC[C@H](O)CN3CCc4c(ccc(OCc5cnco5)c4C)C3)ncn2)CC1. The van der Waals surface area contributed by atoms with Crippen LogP contribution >= 0.6 is 0 Å². The van der Waals surface area contributed by atoms with Crippen molar-refractivity contribution < 1.29 is 23.8 Å². The molecule has 41 heavy (non-hydrogen) atoms. The lowest BCUT2D eigenvalue weighted by Crippen LogP contribution is -2.42. The average molecular weight is 564 g/mol. The Labute approximate surface area is 239 Å². The number of oxazole rings is 1. The number of β-amino-alcohol motifs (C(OH)–C–C–N with tert-alkyl or cyclic N) is 1. The van der Waals surface area contributed by atoms with Crippen molar-refractivity contribution in [2.75, 3.05) is 38.0 Å². The van der Waals surface area contributed by atoms with Gasteiger partial charge in [-0.15, -0.1) is 0 Å². The van der Waals surface area contributed by atoms with Gasteiger partial charge >= 0.3 is 0 Å². The molecule has 12 heteroatoms. The first-order chi connectivity index (χ1) is 19.9. The van der Waals surface area contributed by atoms with Gasteiger partial charge in [-0.1, -0.05) is 6.07 Å². The molecule has 1 atom stereocenters. The molecule has 12 nitrogen and oxygen atoms in total. The Hall–Kier alpha value is -4.03. The third kappa shape index (κ3) is 7.39. The Morgan fingerprint density at radius 1 is 1.22 bits per heavy atom. The molecule has 3 aromatic rings. The molecule has 0 saturated carbocycles. The summed E-state index contributed by atoms with van der Waals surface area (Å²) in [4.78, 5) is 40.6. The largest absolute Gasteiger partial charge is 0.485 e. The van der Waals surface area contributed by atoms with Gasteiger partial charge in [0.1, 0.15) is 30.2 Å². The summed E-state index contributed by atoms with van der Waals surface area (Å²) in [6, 6.07) is 5.85. The van der Waals surface area contributed by atoms with Crippen molar-refractivity contribution in [3.8, 4) is 5.75 Å². The Morgan fingerprint density at radius 2 is 2.05 bits per heavy atom.